The molecule has 0 N–H and O–H groups in total. The maximum Gasteiger partial charge on any atom is -0.0134 e. The van der Waals surface area contributed by atoms with Crippen molar-refractivity contribution in [1.29, 1.82) is 0 Å². The second-order valence-electron chi connectivity index (χ2n) is 10.6. The second kappa shape index (κ2) is 30.0. The van der Waals surface area contributed by atoms with E-state index in [2.05, 4.69) is 265 Å². The molecule has 54 heavy (non-hydrogen) atoms. The molecule has 8 rings (SSSR count). The molecular weight excluding hydrogens is 1020 g/mol. The summed E-state index contributed by atoms with van der Waals surface area (Å²) in [5.41, 5.74) is 0. The Hall–Kier alpha value is -3.24. The first kappa shape index (κ1) is 45.2. The van der Waals surface area contributed by atoms with E-state index in [1.165, 1.54) is 31.8 Å². The van der Waals surface area contributed by atoms with Gasteiger partial charge in [0.2, 0.25) is 0 Å². The topological polar surface area (TPSA) is 25.8 Å². The van der Waals surface area contributed by atoms with Crippen LogP contribution in [0.1, 0.15) is 0 Å². The summed E-state index contributed by atoms with van der Waals surface area (Å²) in [7, 11) is -0.892. The van der Waals surface area contributed by atoms with Crippen molar-refractivity contribution < 1.29 is 34.4 Å². The van der Waals surface area contributed by atoms with E-state index in [0.29, 0.717) is 0 Å². The van der Waals surface area contributed by atoms with E-state index in [-0.39, 0.29) is 0 Å². The Labute approximate surface area is 358 Å². The molecule has 0 aliphatic heterocycles. The van der Waals surface area contributed by atoms with Gasteiger partial charge in [-0.25, -0.2) is 24.3 Å². The van der Waals surface area contributed by atoms with Gasteiger partial charge in [0.1, 0.15) is 0 Å². The quantitative estimate of drug-likeness (QED) is 0.0942. The summed E-state index contributed by atoms with van der Waals surface area (Å²) >= 11 is 10.7. The fourth-order valence-corrected chi connectivity index (χ4v) is 9.52. The molecule has 6 aromatic carbocycles. The average molecular weight is 1050 g/mol. The van der Waals surface area contributed by atoms with Gasteiger partial charge in [-0.15, -0.1) is 0 Å². The van der Waals surface area contributed by atoms with Crippen LogP contribution in [0.4, 0.5) is 0 Å². The van der Waals surface area contributed by atoms with Gasteiger partial charge < -0.3 is 9.97 Å². The van der Waals surface area contributed by atoms with Crippen molar-refractivity contribution in [2.75, 3.05) is 0 Å². The molecule has 0 unspecified atom stereocenters. The maximum absolute atomic E-state index is 3.73. The van der Waals surface area contributed by atoms with Gasteiger partial charge in [0.15, 0.2) is 0 Å². The van der Waals surface area contributed by atoms with Crippen LogP contribution in [0.15, 0.2) is 231 Å². The fraction of sp³-hybridized carbons (Fsp3) is 0. The van der Waals surface area contributed by atoms with Crippen LogP contribution < -0.4 is 31.8 Å². The summed E-state index contributed by atoms with van der Waals surface area (Å²) in [5, 5.41) is 8.39. The number of aromatic nitrogens is 2. The summed E-state index contributed by atoms with van der Waals surface area (Å²) in [6, 6.07) is 77.5. The van der Waals surface area contributed by atoms with Crippen molar-refractivity contribution in [3.05, 3.63) is 243 Å². The third-order valence-electron chi connectivity index (χ3n) is 7.11. The van der Waals surface area contributed by atoms with Crippen LogP contribution in [0.5, 0.6) is 0 Å². The monoisotopic (exact) mass is 1050 g/mol. The molecule has 0 bridgehead atoms. The first-order valence-corrected chi connectivity index (χ1v) is 26.4. The molecule has 0 saturated carbocycles. The minimum atomic E-state index is -0.446. The van der Waals surface area contributed by atoms with Crippen LogP contribution in [-0.4, -0.2) is 9.97 Å². The molecule has 2 nitrogen and oxygen atoms in total. The molecule has 0 aliphatic carbocycles. The van der Waals surface area contributed by atoms with E-state index in [4.69, 9.17) is 0 Å². The van der Waals surface area contributed by atoms with E-state index >= 15 is 0 Å². The van der Waals surface area contributed by atoms with Crippen LogP contribution in [0.25, 0.3) is 0 Å². The van der Waals surface area contributed by atoms with Gasteiger partial charge in [-0.2, -0.15) is 12.1 Å². The maximum atomic E-state index is 3.73. The predicted octanol–water partition coefficient (Wildman–Crippen LogP) is 10.3. The van der Waals surface area contributed by atoms with Crippen molar-refractivity contribution in [3.8, 4) is 0 Å². The third-order valence-corrected chi connectivity index (χ3v) is 12.0. The van der Waals surface area contributed by atoms with Crippen molar-refractivity contribution in [3.63, 3.8) is 0 Å². The molecule has 0 aliphatic rings. The number of nitrogens with zero attached hydrogens (tertiary/aromatic N) is 2. The second-order valence-corrected chi connectivity index (χ2v) is 15.0. The fourth-order valence-electron chi connectivity index (χ4n) is 4.91. The SMILES string of the molecule is [Br][Pd+].[Br][Pd+].[c-]1cccnc1.[c-]1cccnc1.c1ccc(P(c2ccccc2)c2ccccc2)cc1.c1ccc(P(c2ccccc2)c2ccccc2)cc1. The van der Waals surface area contributed by atoms with Gasteiger partial charge in [0, 0.05) is 0 Å². The molecule has 0 atom stereocenters. The Morgan fingerprint density at radius 1 is 0.315 bits per heavy atom. The van der Waals surface area contributed by atoms with Crippen molar-refractivity contribution >= 4 is 74.5 Å². The van der Waals surface area contributed by atoms with Crippen molar-refractivity contribution in [2.45, 2.75) is 0 Å². The summed E-state index contributed by atoms with van der Waals surface area (Å²) in [4.78, 5) is 7.46. The number of benzene rings is 6. The zero-order valence-corrected chi connectivity index (χ0v) is 37.2. The number of hydrogen-bond acceptors (Lipinski definition) is 2. The van der Waals surface area contributed by atoms with Crippen LogP contribution >= 0.6 is 42.7 Å². The predicted molar refractivity (Wildman–Crippen MR) is 234 cm³/mol. The van der Waals surface area contributed by atoms with Crippen molar-refractivity contribution in [1.82, 2.24) is 9.97 Å². The molecule has 2 heterocycles. The van der Waals surface area contributed by atoms with E-state index in [1.807, 2.05) is 24.3 Å². The van der Waals surface area contributed by atoms with Gasteiger partial charge in [-0.05, 0) is 47.7 Å². The molecule has 0 amide bonds. The summed E-state index contributed by atoms with van der Waals surface area (Å²) < 4.78 is 0. The van der Waals surface area contributed by atoms with Gasteiger partial charge in [-0.1, -0.05) is 207 Å². The molecular formula is C46H38Br2N2P2Pd2. The Morgan fingerprint density at radius 3 is 0.630 bits per heavy atom. The van der Waals surface area contributed by atoms with Crippen LogP contribution in [-0.2, 0) is 34.4 Å². The molecule has 2 aromatic heterocycles. The Bertz CT molecular complexity index is 1600. The minimum absolute atomic E-state index is 0.446. The molecule has 0 fully saturated rings. The Morgan fingerprint density at radius 2 is 0.519 bits per heavy atom. The normalized spacial score (nSPS) is 9.48. The van der Waals surface area contributed by atoms with Crippen LogP contribution in [0.3, 0.4) is 0 Å². The van der Waals surface area contributed by atoms with Gasteiger partial charge in [-0.3, -0.25) is 0 Å². The minimum Gasteiger partial charge on any atom is -0.304 e. The third kappa shape index (κ3) is 17.1. The number of pyridine rings is 2. The van der Waals surface area contributed by atoms with Crippen molar-refractivity contribution in [2.24, 2.45) is 0 Å². The zero-order valence-electron chi connectivity index (χ0n) is 29.1. The Kier molecular flexibility index (Phi) is 25.1. The van der Waals surface area contributed by atoms with Gasteiger partial charge in [0.05, 0.1) is 0 Å². The van der Waals surface area contributed by atoms with Crippen LogP contribution in [0, 0.1) is 12.1 Å². The zero-order chi connectivity index (χ0) is 38.3. The number of hydrogen-bond donors (Lipinski definition) is 0. The van der Waals surface area contributed by atoms with E-state index in [9.17, 15) is 0 Å². The molecule has 0 spiro atoms. The summed E-state index contributed by atoms with van der Waals surface area (Å²) in [6.45, 7) is 0. The first-order chi connectivity index (χ1) is 26.9. The van der Waals surface area contributed by atoms with E-state index in [0.717, 1.165) is 0 Å². The molecule has 8 aromatic rings. The number of halogens is 2. The van der Waals surface area contributed by atoms with Crippen LogP contribution in [0.2, 0.25) is 0 Å². The average Bonchev–Trinajstić information content (AvgIpc) is 3.29. The summed E-state index contributed by atoms with van der Waals surface area (Å²) in [5.74, 6) is 0. The first-order valence-electron chi connectivity index (χ1n) is 16.6. The summed E-state index contributed by atoms with van der Waals surface area (Å²) in [6.07, 6.45) is 6.69. The van der Waals surface area contributed by atoms with E-state index in [1.54, 1.807) is 24.8 Å². The van der Waals surface area contributed by atoms with E-state index < -0.39 is 15.8 Å². The molecule has 0 saturated heterocycles. The van der Waals surface area contributed by atoms with Gasteiger partial charge in [0.25, 0.3) is 0 Å². The van der Waals surface area contributed by atoms with Gasteiger partial charge >= 0.3 is 61.2 Å². The smallest absolute Gasteiger partial charge is 0.0134 e. The molecule has 8 heteroatoms. The number of rotatable bonds is 6. The largest absolute Gasteiger partial charge is 0.304 e. The molecule has 276 valence electrons. The standard InChI is InChI=1S/2C18H15P.2C5H4N.2BrH.2Pd/c2*1-4-10-16(11-5-1)19(17-12-6-2-7-13-17)18-14-8-3-9-15-18;2*1-2-4-6-5-3-1;;;;/h2*1-15H;2*1-2,4-5H;2*1H;;/q;;2*-1;;;2*+2/p-2. The Balaban J connectivity index is 0.000000208. The molecule has 0 radical (unpaired) electrons.